The Kier molecular flexibility index (Phi) is 9.80. The molecule has 0 aromatic carbocycles. The molecule has 0 spiro atoms. The SMILES string of the molecule is CCON(OCC)N(OCC)N(CC)CC. The van der Waals surface area contributed by atoms with Crippen LogP contribution in [0.15, 0.2) is 0 Å². The molecular weight excluding hydrogens is 210 g/mol. The van der Waals surface area contributed by atoms with Crippen LogP contribution in [-0.4, -0.2) is 48.5 Å². The fraction of sp³-hybridized carbons (Fsp3) is 1.00. The molecule has 98 valence electrons. The maximum Gasteiger partial charge on any atom is 0.0699 e. The lowest BCUT2D eigenvalue weighted by atomic mass is 10.6. The molecule has 0 aliphatic carbocycles. The van der Waals surface area contributed by atoms with Gasteiger partial charge < -0.3 is 0 Å². The molecule has 0 heterocycles. The fourth-order valence-electron chi connectivity index (χ4n) is 1.17. The van der Waals surface area contributed by atoms with Crippen molar-refractivity contribution in [1.82, 2.24) is 15.6 Å². The summed E-state index contributed by atoms with van der Waals surface area (Å²) in [6, 6.07) is 0. The minimum absolute atomic E-state index is 0.519. The van der Waals surface area contributed by atoms with Gasteiger partial charge in [0.15, 0.2) is 0 Å². The Morgan fingerprint density at radius 2 is 1.12 bits per heavy atom. The topological polar surface area (TPSA) is 37.4 Å². The van der Waals surface area contributed by atoms with E-state index in [1.807, 2.05) is 39.6 Å². The van der Waals surface area contributed by atoms with E-state index in [4.69, 9.17) is 14.5 Å². The quantitative estimate of drug-likeness (QED) is 0.536. The van der Waals surface area contributed by atoms with E-state index in [0.717, 1.165) is 13.1 Å². The van der Waals surface area contributed by atoms with Gasteiger partial charge in [-0.3, -0.25) is 14.5 Å². The van der Waals surface area contributed by atoms with Crippen LogP contribution < -0.4 is 0 Å². The van der Waals surface area contributed by atoms with Gasteiger partial charge in [-0.1, -0.05) is 13.8 Å². The lowest BCUT2D eigenvalue weighted by molar-refractivity contribution is -0.577. The summed E-state index contributed by atoms with van der Waals surface area (Å²) in [6.07, 6.45) is 0. The van der Waals surface area contributed by atoms with Gasteiger partial charge in [0.25, 0.3) is 0 Å². The molecule has 0 aliphatic heterocycles. The minimum atomic E-state index is 0.519. The highest BCUT2D eigenvalue weighted by Crippen LogP contribution is 2.07. The van der Waals surface area contributed by atoms with Crippen LogP contribution in [0, 0.1) is 0 Å². The normalized spacial score (nSPS) is 12.0. The third-order valence-corrected chi connectivity index (χ3v) is 1.84. The Hall–Kier alpha value is -0.240. The largest absolute Gasteiger partial charge is 0.266 e. The summed E-state index contributed by atoms with van der Waals surface area (Å²) in [6.45, 7) is 13.0. The molecule has 6 heteroatoms. The van der Waals surface area contributed by atoms with E-state index in [9.17, 15) is 0 Å². The summed E-state index contributed by atoms with van der Waals surface area (Å²) >= 11 is 0. The highest BCUT2D eigenvalue weighted by molar-refractivity contribution is 4.37. The fourth-order valence-corrected chi connectivity index (χ4v) is 1.17. The van der Waals surface area contributed by atoms with Crippen LogP contribution in [0.25, 0.3) is 0 Å². The van der Waals surface area contributed by atoms with Crippen molar-refractivity contribution in [1.29, 1.82) is 0 Å². The Balaban J connectivity index is 4.52. The number of nitrogens with zero attached hydrogens (tertiary/aromatic N) is 3. The van der Waals surface area contributed by atoms with Gasteiger partial charge in [0.1, 0.15) is 0 Å². The standard InChI is InChI=1S/C10H25N3O3/c1-6-11(7-2)12(14-8-3)13(15-9-4)16-10-5/h6-10H2,1-5H3. The van der Waals surface area contributed by atoms with Crippen molar-refractivity contribution in [2.75, 3.05) is 32.9 Å². The summed E-state index contributed by atoms with van der Waals surface area (Å²) in [5.74, 6) is 0. The lowest BCUT2D eigenvalue weighted by Crippen LogP contribution is -2.53. The number of hydrogen-bond donors (Lipinski definition) is 0. The van der Waals surface area contributed by atoms with E-state index >= 15 is 0 Å². The van der Waals surface area contributed by atoms with Gasteiger partial charge in [-0.2, -0.15) is 5.01 Å². The van der Waals surface area contributed by atoms with Gasteiger partial charge in [-0.25, -0.2) is 0 Å². The van der Waals surface area contributed by atoms with Crippen molar-refractivity contribution in [2.45, 2.75) is 34.6 Å². The first-order valence-corrected chi connectivity index (χ1v) is 5.98. The second-order valence-corrected chi connectivity index (χ2v) is 2.88. The van der Waals surface area contributed by atoms with E-state index in [0.29, 0.717) is 19.8 Å². The summed E-state index contributed by atoms with van der Waals surface area (Å²) in [5.41, 5.74) is 0. The predicted molar refractivity (Wildman–Crippen MR) is 61.5 cm³/mol. The highest BCUT2D eigenvalue weighted by atomic mass is 17.1. The third-order valence-electron chi connectivity index (χ3n) is 1.84. The van der Waals surface area contributed by atoms with Gasteiger partial charge >= 0.3 is 0 Å². The van der Waals surface area contributed by atoms with Crippen molar-refractivity contribution >= 4 is 0 Å². The number of hydrogen-bond acceptors (Lipinski definition) is 6. The summed E-state index contributed by atoms with van der Waals surface area (Å²) in [7, 11) is 0. The Bertz CT molecular complexity index is 150. The van der Waals surface area contributed by atoms with E-state index in [-0.39, 0.29) is 0 Å². The Labute approximate surface area is 98.4 Å². The van der Waals surface area contributed by atoms with Crippen LogP contribution in [0.5, 0.6) is 0 Å². The Morgan fingerprint density at radius 1 is 0.688 bits per heavy atom. The molecule has 0 unspecified atom stereocenters. The molecule has 0 bridgehead atoms. The second-order valence-electron chi connectivity index (χ2n) is 2.88. The molecule has 0 saturated carbocycles. The van der Waals surface area contributed by atoms with Gasteiger partial charge in [-0.05, 0) is 20.8 Å². The van der Waals surface area contributed by atoms with Crippen LogP contribution in [-0.2, 0) is 14.5 Å². The zero-order valence-corrected chi connectivity index (χ0v) is 11.1. The monoisotopic (exact) mass is 235 g/mol. The highest BCUT2D eigenvalue weighted by Gasteiger charge is 2.23. The van der Waals surface area contributed by atoms with E-state index in [1.165, 1.54) is 10.6 Å². The molecule has 0 fully saturated rings. The van der Waals surface area contributed by atoms with Crippen LogP contribution >= 0.6 is 0 Å². The molecule has 6 nitrogen and oxygen atoms in total. The summed E-state index contributed by atoms with van der Waals surface area (Å²) < 4.78 is 0. The molecule has 0 rings (SSSR count). The Morgan fingerprint density at radius 3 is 1.44 bits per heavy atom. The molecule has 0 saturated heterocycles. The molecule has 0 aromatic heterocycles. The average molecular weight is 235 g/mol. The predicted octanol–water partition coefficient (Wildman–Crippen LogP) is 1.62. The zero-order valence-electron chi connectivity index (χ0n) is 11.1. The molecule has 0 amide bonds. The molecule has 0 radical (unpaired) electrons. The zero-order chi connectivity index (χ0) is 12.4. The van der Waals surface area contributed by atoms with Crippen molar-refractivity contribution in [3.05, 3.63) is 0 Å². The molecule has 0 aromatic rings. The summed E-state index contributed by atoms with van der Waals surface area (Å²) in [5, 5.41) is 4.78. The maximum atomic E-state index is 5.49. The lowest BCUT2D eigenvalue weighted by Gasteiger charge is -2.36. The molecular formula is C10H25N3O3. The van der Waals surface area contributed by atoms with Crippen molar-refractivity contribution in [2.24, 2.45) is 0 Å². The molecule has 0 N–H and O–H groups in total. The average Bonchev–Trinajstić information content (AvgIpc) is 2.29. The van der Waals surface area contributed by atoms with Crippen LogP contribution in [0.1, 0.15) is 34.6 Å². The summed E-state index contributed by atoms with van der Waals surface area (Å²) in [4.78, 5) is 16.2. The first-order chi connectivity index (χ1) is 7.74. The smallest absolute Gasteiger partial charge is 0.0699 e. The number of hydrazine groups is 2. The molecule has 0 atom stereocenters. The van der Waals surface area contributed by atoms with E-state index in [2.05, 4.69) is 0 Å². The van der Waals surface area contributed by atoms with Crippen molar-refractivity contribution < 1.29 is 14.5 Å². The van der Waals surface area contributed by atoms with Gasteiger partial charge in [0, 0.05) is 18.4 Å². The van der Waals surface area contributed by atoms with Crippen LogP contribution in [0.3, 0.4) is 0 Å². The van der Waals surface area contributed by atoms with Gasteiger partial charge in [0.2, 0.25) is 0 Å². The molecule has 0 aliphatic rings. The van der Waals surface area contributed by atoms with Gasteiger partial charge in [-0.15, -0.1) is 0 Å². The van der Waals surface area contributed by atoms with Crippen molar-refractivity contribution in [3.8, 4) is 0 Å². The first-order valence-electron chi connectivity index (χ1n) is 5.98. The van der Waals surface area contributed by atoms with E-state index in [1.54, 1.807) is 0 Å². The second kappa shape index (κ2) is 9.95. The van der Waals surface area contributed by atoms with Gasteiger partial charge in [0.05, 0.1) is 25.2 Å². The van der Waals surface area contributed by atoms with Crippen molar-refractivity contribution in [3.63, 3.8) is 0 Å². The first kappa shape index (κ1) is 15.8. The number of rotatable bonds is 10. The van der Waals surface area contributed by atoms with Crippen LogP contribution in [0.2, 0.25) is 0 Å². The third kappa shape index (κ3) is 5.20. The molecule has 16 heavy (non-hydrogen) atoms. The maximum absolute atomic E-state index is 5.49. The van der Waals surface area contributed by atoms with Crippen LogP contribution in [0.4, 0.5) is 0 Å². The van der Waals surface area contributed by atoms with E-state index < -0.39 is 0 Å². The minimum Gasteiger partial charge on any atom is -0.266 e.